The van der Waals surface area contributed by atoms with Crippen LogP contribution in [-0.2, 0) is 11.2 Å². The summed E-state index contributed by atoms with van der Waals surface area (Å²) >= 11 is 0. The highest BCUT2D eigenvalue weighted by molar-refractivity contribution is 5.76. The molecule has 2 heterocycles. The zero-order valence-corrected chi connectivity index (χ0v) is 16.2. The van der Waals surface area contributed by atoms with Gasteiger partial charge in [-0.15, -0.1) is 0 Å². The first-order valence-corrected chi connectivity index (χ1v) is 10.6. The monoisotopic (exact) mass is 372 g/mol. The van der Waals surface area contributed by atoms with Gasteiger partial charge in [-0.25, -0.2) is 0 Å². The van der Waals surface area contributed by atoms with Crippen molar-refractivity contribution < 1.29 is 14.6 Å². The molecule has 1 amide bonds. The largest absolute Gasteiger partial charge is 0.493 e. The standard InChI is InChI=1S/C22H32N2O3/c25-19-14-18(15-19)22(17-5-6-20-16(13-17)8-12-27-20)23-21(26)7-11-24-9-3-1-2-4-10-24/h5-6,13,18-19,22,25H,1-4,7-12,14-15H2,(H,23,26). The van der Waals surface area contributed by atoms with Crippen LogP contribution in [-0.4, -0.2) is 48.3 Å². The van der Waals surface area contributed by atoms with Gasteiger partial charge in [0.05, 0.1) is 18.8 Å². The number of nitrogens with zero attached hydrogens (tertiary/aromatic N) is 1. The average molecular weight is 373 g/mol. The Kier molecular flexibility index (Phi) is 5.98. The SMILES string of the molecule is O=C(CCN1CCCCCC1)NC(c1ccc2c(c1)CCO2)C1CC(O)C1. The van der Waals surface area contributed by atoms with Gasteiger partial charge in [0, 0.05) is 19.4 Å². The third-order valence-electron chi connectivity index (χ3n) is 6.36. The summed E-state index contributed by atoms with van der Waals surface area (Å²) in [6.45, 7) is 3.84. The minimum atomic E-state index is -0.218. The van der Waals surface area contributed by atoms with Crippen molar-refractivity contribution in [2.75, 3.05) is 26.2 Å². The van der Waals surface area contributed by atoms with Crippen LogP contribution >= 0.6 is 0 Å². The van der Waals surface area contributed by atoms with Crippen LogP contribution in [0.25, 0.3) is 0 Å². The second kappa shape index (κ2) is 8.61. The summed E-state index contributed by atoms with van der Waals surface area (Å²) < 4.78 is 5.62. The van der Waals surface area contributed by atoms with Gasteiger partial charge < -0.3 is 20.1 Å². The first-order valence-electron chi connectivity index (χ1n) is 10.6. The number of carbonyl (C=O) groups is 1. The number of aliphatic hydroxyl groups is 1. The number of amides is 1. The Morgan fingerprint density at radius 2 is 2.00 bits per heavy atom. The fourth-order valence-corrected chi connectivity index (χ4v) is 4.64. The Bertz CT molecular complexity index is 649. The van der Waals surface area contributed by atoms with Crippen LogP contribution in [0.15, 0.2) is 18.2 Å². The molecule has 1 aliphatic carbocycles. The van der Waals surface area contributed by atoms with E-state index >= 15 is 0 Å². The van der Waals surface area contributed by atoms with E-state index in [-0.39, 0.29) is 18.1 Å². The molecule has 1 aromatic rings. The van der Waals surface area contributed by atoms with Crippen molar-refractivity contribution in [3.05, 3.63) is 29.3 Å². The minimum Gasteiger partial charge on any atom is -0.493 e. The van der Waals surface area contributed by atoms with Gasteiger partial charge in [-0.3, -0.25) is 4.79 Å². The van der Waals surface area contributed by atoms with E-state index in [9.17, 15) is 9.90 Å². The van der Waals surface area contributed by atoms with E-state index in [2.05, 4.69) is 22.3 Å². The third kappa shape index (κ3) is 4.64. The lowest BCUT2D eigenvalue weighted by atomic mass is 9.75. The molecule has 2 fully saturated rings. The number of fused-ring (bicyclic) bond motifs is 1. The highest BCUT2D eigenvalue weighted by atomic mass is 16.5. The van der Waals surface area contributed by atoms with Crippen molar-refractivity contribution in [3.63, 3.8) is 0 Å². The van der Waals surface area contributed by atoms with E-state index in [1.807, 2.05) is 6.07 Å². The third-order valence-corrected chi connectivity index (χ3v) is 6.36. The number of likely N-dealkylation sites (tertiary alicyclic amines) is 1. The van der Waals surface area contributed by atoms with Gasteiger partial charge in [-0.2, -0.15) is 0 Å². The second-order valence-corrected chi connectivity index (χ2v) is 8.40. The molecule has 5 heteroatoms. The molecule has 5 nitrogen and oxygen atoms in total. The maximum Gasteiger partial charge on any atom is 0.221 e. The molecule has 1 saturated heterocycles. The first kappa shape index (κ1) is 18.8. The first-order chi connectivity index (χ1) is 13.2. The van der Waals surface area contributed by atoms with Crippen LogP contribution in [0.2, 0.25) is 0 Å². The fraction of sp³-hybridized carbons (Fsp3) is 0.682. The number of benzene rings is 1. The maximum absolute atomic E-state index is 12.7. The van der Waals surface area contributed by atoms with E-state index in [4.69, 9.17) is 4.74 Å². The number of carbonyl (C=O) groups excluding carboxylic acids is 1. The molecule has 4 rings (SSSR count). The molecule has 1 aromatic carbocycles. The van der Waals surface area contributed by atoms with Crippen molar-refractivity contribution in [2.45, 2.75) is 63.5 Å². The van der Waals surface area contributed by atoms with Crippen LogP contribution in [0.3, 0.4) is 0 Å². The van der Waals surface area contributed by atoms with E-state index < -0.39 is 0 Å². The van der Waals surface area contributed by atoms with Gasteiger partial charge >= 0.3 is 0 Å². The Balaban J connectivity index is 1.38. The van der Waals surface area contributed by atoms with Gasteiger partial charge in [0.15, 0.2) is 0 Å². The number of hydrogen-bond acceptors (Lipinski definition) is 4. The van der Waals surface area contributed by atoms with Gasteiger partial charge in [-0.1, -0.05) is 18.9 Å². The zero-order chi connectivity index (χ0) is 18.6. The molecule has 1 atom stereocenters. The highest BCUT2D eigenvalue weighted by Gasteiger charge is 2.36. The molecule has 0 radical (unpaired) electrons. The molecule has 0 aromatic heterocycles. The normalized spacial score (nSPS) is 26.4. The summed E-state index contributed by atoms with van der Waals surface area (Å²) in [4.78, 5) is 15.1. The molecule has 27 heavy (non-hydrogen) atoms. The van der Waals surface area contributed by atoms with Crippen molar-refractivity contribution >= 4 is 5.91 Å². The number of ether oxygens (including phenoxy) is 1. The van der Waals surface area contributed by atoms with Gasteiger partial charge in [0.2, 0.25) is 5.91 Å². The van der Waals surface area contributed by atoms with Crippen molar-refractivity contribution in [3.8, 4) is 5.75 Å². The summed E-state index contributed by atoms with van der Waals surface area (Å²) in [5.41, 5.74) is 2.38. The molecule has 0 spiro atoms. The van der Waals surface area contributed by atoms with Crippen molar-refractivity contribution in [1.82, 2.24) is 10.2 Å². The predicted octanol–water partition coefficient (Wildman–Crippen LogP) is 2.82. The van der Waals surface area contributed by atoms with E-state index in [1.54, 1.807) is 0 Å². The number of nitrogens with one attached hydrogen (secondary N) is 1. The van der Waals surface area contributed by atoms with Gasteiger partial charge in [0.1, 0.15) is 5.75 Å². The Labute approximate surface area is 162 Å². The van der Waals surface area contributed by atoms with Crippen LogP contribution in [0.4, 0.5) is 0 Å². The van der Waals surface area contributed by atoms with Crippen molar-refractivity contribution in [2.24, 2.45) is 5.92 Å². The smallest absolute Gasteiger partial charge is 0.221 e. The molecule has 1 unspecified atom stereocenters. The lowest BCUT2D eigenvalue weighted by molar-refractivity contribution is -0.123. The van der Waals surface area contributed by atoms with Crippen LogP contribution in [0.5, 0.6) is 5.75 Å². The second-order valence-electron chi connectivity index (χ2n) is 8.40. The topological polar surface area (TPSA) is 61.8 Å². The zero-order valence-electron chi connectivity index (χ0n) is 16.2. The summed E-state index contributed by atoms with van der Waals surface area (Å²) in [6.07, 6.45) is 7.95. The molecular formula is C22H32N2O3. The summed E-state index contributed by atoms with van der Waals surface area (Å²) in [7, 11) is 0. The number of aliphatic hydroxyl groups excluding tert-OH is 1. The number of hydrogen-bond donors (Lipinski definition) is 2. The highest BCUT2D eigenvalue weighted by Crippen LogP contribution is 2.39. The van der Waals surface area contributed by atoms with Crippen LogP contribution in [0.1, 0.15) is 62.1 Å². The van der Waals surface area contributed by atoms with Gasteiger partial charge in [-0.05, 0) is 68.0 Å². The molecule has 1 saturated carbocycles. The summed E-state index contributed by atoms with van der Waals surface area (Å²) in [5, 5.41) is 13.0. The molecule has 148 valence electrons. The molecule has 2 N–H and O–H groups in total. The fourth-order valence-electron chi connectivity index (χ4n) is 4.64. The lowest BCUT2D eigenvalue weighted by Gasteiger charge is -2.38. The number of rotatable bonds is 6. The lowest BCUT2D eigenvalue weighted by Crippen LogP contribution is -2.42. The molecule has 2 aliphatic heterocycles. The minimum absolute atomic E-state index is 0.00377. The molecular weight excluding hydrogens is 340 g/mol. The van der Waals surface area contributed by atoms with Gasteiger partial charge in [0.25, 0.3) is 0 Å². The maximum atomic E-state index is 12.7. The quantitative estimate of drug-likeness (QED) is 0.806. The molecule has 0 bridgehead atoms. The van der Waals surface area contributed by atoms with E-state index in [1.165, 1.54) is 31.2 Å². The predicted molar refractivity (Wildman–Crippen MR) is 105 cm³/mol. The Morgan fingerprint density at radius 1 is 1.22 bits per heavy atom. The van der Waals surface area contributed by atoms with E-state index in [0.717, 1.165) is 56.8 Å². The van der Waals surface area contributed by atoms with Crippen LogP contribution in [0, 0.1) is 5.92 Å². The Morgan fingerprint density at radius 3 is 2.74 bits per heavy atom. The summed E-state index contributed by atoms with van der Waals surface area (Å²) in [6, 6.07) is 6.29. The summed E-state index contributed by atoms with van der Waals surface area (Å²) in [5.74, 6) is 1.42. The average Bonchev–Trinajstić information content (AvgIpc) is 2.96. The van der Waals surface area contributed by atoms with Crippen molar-refractivity contribution in [1.29, 1.82) is 0 Å². The van der Waals surface area contributed by atoms with E-state index in [0.29, 0.717) is 12.3 Å². The molecule has 3 aliphatic rings. The Hall–Kier alpha value is -1.59. The van der Waals surface area contributed by atoms with Crippen LogP contribution < -0.4 is 10.1 Å².